The molecule has 2 rings (SSSR count). The van der Waals surface area contributed by atoms with E-state index in [1.54, 1.807) is 40.8 Å². The second-order valence-electron chi connectivity index (χ2n) is 3.55. The van der Waals surface area contributed by atoms with Crippen LogP contribution < -0.4 is 4.74 Å². The summed E-state index contributed by atoms with van der Waals surface area (Å²) in [6.07, 6.45) is -4.49. The number of rotatable bonds is 2. The van der Waals surface area contributed by atoms with Crippen molar-refractivity contribution in [3.05, 3.63) is 38.7 Å². The summed E-state index contributed by atoms with van der Waals surface area (Å²) in [4.78, 5) is 0. The number of methoxy groups -OCH3 is 1. The summed E-state index contributed by atoms with van der Waals surface area (Å²) in [5.41, 5.74) is -0.603. The van der Waals surface area contributed by atoms with Crippen LogP contribution in [0.15, 0.2) is 24.3 Å². The Morgan fingerprint density at radius 1 is 1.37 bits per heavy atom. The number of hydrogen-bond acceptors (Lipinski definition) is 2. The van der Waals surface area contributed by atoms with E-state index < -0.39 is 11.9 Å². The quantitative estimate of drug-likeness (QED) is 0.706. The highest BCUT2D eigenvalue weighted by molar-refractivity contribution is 14.1. The maximum Gasteiger partial charge on any atom is 0.435 e. The van der Waals surface area contributed by atoms with Crippen molar-refractivity contribution >= 4 is 34.2 Å². The third-order valence-corrected chi connectivity index (χ3v) is 3.40. The first-order chi connectivity index (χ1) is 8.84. The lowest BCUT2D eigenvalue weighted by Gasteiger charge is -2.10. The fourth-order valence-corrected chi connectivity index (χ4v) is 2.44. The Bertz CT molecular complexity index is 612. The number of nitrogens with zero attached hydrogens (tertiary/aromatic N) is 2. The number of benzene rings is 1. The van der Waals surface area contributed by atoms with Gasteiger partial charge in [0.2, 0.25) is 0 Å². The summed E-state index contributed by atoms with van der Waals surface area (Å²) < 4.78 is 44.4. The Kier molecular flexibility index (Phi) is 3.95. The number of ether oxygens (including phenoxy) is 1. The predicted octanol–water partition coefficient (Wildman–Crippen LogP) is 4.16. The normalized spacial score (nSPS) is 11.7. The van der Waals surface area contributed by atoms with Crippen LogP contribution in [-0.4, -0.2) is 16.9 Å². The molecule has 102 valence electrons. The zero-order valence-electron chi connectivity index (χ0n) is 9.50. The third-order valence-electron chi connectivity index (χ3n) is 2.33. The van der Waals surface area contributed by atoms with Gasteiger partial charge in [0.1, 0.15) is 9.39 Å². The maximum atomic E-state index is 12.6. The molecular formula is C11H7ClF3IN2O. The summed E-state index contributed by atoms with van der Waals surface area (Å²) >= 11 is 7.71. The van der Waals surface area contributed by atoms with Gasteiger partial charge >= 0.3 is 6.18 Å². The summed E-state index contributed by atoms with van der Waals surface area (Å²) in [6.45, 7) is 0. The molecule has 0 atom stereocenters. The second-order valence-corrected chi connectivity index (χ2v) is 5.07. The first kappa shape index (κ1) is 14.4. The summed E-state index contributed by atoms with van der Waals surface area (Å²) in [7, 11) is 1.39. The Morgan fingerprint density at radius 3 is 2.58 bits per heavy atom. The number of para-hydroxylation sites is 1. The van der Waals surface area contributed by atoms with E-state index >= 15 is 0 Å². The van der Waals surface area contributed by atoms with Gasteiger partial charge < -0.3 is 4.74 Å². The highest BCUT2D eigenvalue weighted by Gasteiger charge is 2.35. The van der Waals surface area contributed by atoms with Gasteiger partial charge in [-0.3, -0.25) is 0 Å². The predicted molar refractivity (Wildman–Crippen MR) is 72.8 cm³/mol. The molecule has 19 heavy (non-hydrogen) atoms. The molecular weight excluding hydrogens is 395 g/mol. The van der Waals surface area contributed by atoms with Gasteiger partial charge in [-0.05, 0) is 34.7 Å². The van der Waals surface area contributed by atoms with E-state index in [9.17, 15) is 13.2 Å². The molecule has 0 saturated heterocycles. The van der Waals surface area contributed by atoms with Crippen LogP contribution in [0.25, 0.3) is 5.69 Å². The van der Waals surface area contributed by atoms with Crippen LogP contribution in [0.1, 0.15) is 5.69 Å². The van der Waals surface area contributed by atoms with Gasteiger partial charge in [-0.2, -0.15) is 18.3 Å². The van der Waals surface area contributed by atoms with E-state index in [4.69, 9.17) is 16.3 Å². The molecule has 1 heterocycles. The molecule has 0 radical (unpaired) electrons. The van der Waals surface area contributed by atoms with Crippen LogP contribution in [0.2, 0.25) is 5.02 Å². The smallest absolute Gasteiger partial charge is 0.435 e. The molecule has 0 N–H and O–H groups in total. The lowest BCUT2D eigenvalue weighted by atomic mass is 10.3. The highest BCUT2D eigenvalue weighted by Crippen LogP contribution is 2.34. The Hall–Kier alpha value is -0.960. The first-order valence-electron chi connectivity index (χ1n) is 5.00. The molecule has 0 fully saturated rings. The molecule has 0 spiro atoms. The van der Waals surface area contributed by atoms with Gasteiger partial charge in [-0.25, -0.2) is 4.68 Å². The van der Waals surface area contributed by atoms with Crippen molar-refractivity contribution in [2.45, 2.75) is 6.18 Å². The monoisotopic (exact) mass is 402 g/mol. The average molecular weight is 403 g/mol. The average Bonchev–Trinajstić information content (AvgIpc) is 2.70. The molecule has 0 saturated carbocycles. The Morgan fingerprint density at radius 2 is 2.05 bits per heavy atom. The third kappa shape index (κ3) is 2.81. The van der Waals surface area contributed by atoms with Crippen molar-refractivity contribution in [1.29, 1.82) is 0 Å². The van der Waals surface area contributed by atoms with E-state index in [-0.39, 0.29) is 5.75 Å². The Labute approximate surface area is 125 Å². The Balaban J connectivity index is 2.60. The molecule has 1 aromatic carbocycles. The van der Waals surface area contributed by atoms with E-state index in [1.165, 1.54) is 7.11 Å². The largest absolute Gasteiger partial charge is 0.493 e. The molecule has 0 aliphatic rings. The van der Waals surface area contributed by atoms with Crippen molar-refractivity contribution in [2.75, 3.05) is 7.11 Å². The fraction of sp³-hybridized carbons (Fsp3) is 0.182. The number of halogens is 5. The van der Waals surface area contributed by atoms with Gasteiger partial charge in [0.05, 0.1) is 12.1 Å². The van der Waals surface area contributed by atoms with Crippen LogP contribution >= 0.6 is 34.2 Å². The fourth-order valence-electron chi connectivity index (χ4n) is 1.53. The van der Waals surface area contributed by atoms with Gasteiger partial charge in [-0.15, -0.1) is 0 Å². The zero-order chi connectivity index (χ0) is 14.2. The van der Waals surface area contributed by atoms with E-state index in [0.29, 0.717) is 14.4 Å². The van der Waals surface area contributed by atoms with Crippen molar-refractivity contribution in [2.24, 2.45) is 0 Å². The van der Waals surface area contributed by atoms with Crippen molar-refractivity contribution < 1.29 is 17.9 Å². The minimum absolute atomic E-state index is 0.277. The number of aromatic nitrogens is 2. The molecule has 0 aliphatic carbocycles. The maximum absolute atomic E-state index is 12.6. The van der Waals surface area contributed by atoms with Crippen LogP contribution in [0.5, 0.6) is 5.75 Å². The van der Waals surface area contributed by atoms with Gasteiger partial charge in [-0.1, -0.05) is 17.7 Å². The number of alkyl halides is 3. The minimum Gasteiger partial charge on any atom is -0.493 e. The van der Waals surface area contributed by atoms with Crippen LogP contribution in [-0.2, 0) is 6.18 Å². The number of hydrogen-bond donors (Lipinski definition) is 0. The molecule has 2 aromatic rings. The molecule has 0 amide bonds. The van der Waals surface area contributed by atoms with Crippen LogP contribution in [0, 0.1) is 3.70 Å². The van der Waals surface area contributed by atoms with E-state index in [0.717, 1.165) is 10.7 Å². The topological polar surface area (TPSA) is 27.1 Å². The SMILES string of the molecule is COc1c(Cl)cccc1-n1nc(C(F)(F)F)cc1I. The van der Waals surface area contributed by atoms with Gasteiger partial charge in [0, 0.05) is 6.07 Å². The highest BCUT2D eigenvalue weighted by atomic mass is 127. The van der Waals surface area contributed by atoms with Crippen molar-refractivity contribution in [3.8, 4) is 11.4 Å². The molecule has 8 heteroatoms. The van der Waals surface area contributed by atoms with Crippen molar-refractivity contribution in [3.63, 3.8) is 0 Å². The van der Waals surface area contributed by atoms with E-state index in [1.807, 2.05) is 0 Å². The summed E-state index contributed by atoms with van der Waals surface area (Å²) in [5.74, 6) is 0.277. The lowest BCUT2D eigenvalue weighted by Crippen LogP contribution is -2.08. The molecule has 0 bridgehead atoms. The molecule has 1 aromatic heterocycles. The van der Waals surface area contributed by atoms with Crippen LogP contribution in [0.3, 0.4) is 0 Å². The van der Waals surface area contributed by atoms with Gasteiger partial charge in [0.15, 0.2) is 11.4 Å². The van der Waals surface area contributed by atoms with Crippen molar-refractivity contribution in [1.82, 2.24) is 9.78 Å². The van der Waals surface area contributed by atoms with Gasteiger partial charge in [0.25, 0.3) is 0 Å². The first-order valence-corrected chi connectivity index (χ1v) is 6.46. The van der Waals surface area contributed by atoms with Crippen LogP contribution in [0.4, 0.5) is 13.2 Å². The minimum atomic E-state index is -4.49. The summed E-state index contributed by atoms with van der Waals surface area (Å²) in [6, 6.07) is 5.75. The zero-order valence-corrected chi connectivity index (χ0v) is 12.4. The molecule has 0 unspecified atom stereocenters. The summed E-state index contributed by atoms with van der Waals surface area (Å²) in [5, 5.41) is 3.85. The molecule has 0 aliphatic heterocycles. The standard InChI is InChI=1S/C11H7ClF3IN2O/c1-19-10-6(12)3-2-4-7(10)18-9(16)5-8(17-18)11(13,14)15/h2-5H,1H3. The van der Waals surface area contributed by atoms with E-state index in [2.05, 4.69) is 5.10 Å². The second kappa shape index (κ2) is 5.20. The lowest BCUT2D eigenvalue weighted by molar-refractivity contribution is -0.141. The molecule has 3 nitrogen and oxygen atoms in total.